The Bertz CT molecular complexity index is 775. The number of rotatable bonds is 3. The first-order valence-corrected chi connectivity index (χ1v) is 10.2. The second-order valence-corrected chi connectivity index (χ2v) is 8.58. The molecule has 3 heteroatoms. The highest BCUT2D eigenvalue weighted by atomic mass is 14.8. The standard InChI is InChI=1S/C12H20N2.C12H17N/c1-5-10-7-9(3)8-14-11(10)12(4,13)6-2;1-9-5-6-11-10(8-9)4-3-7-12(11,2)13/h7-8H,5-6,13H2,1-4H3;5-6,8H,3-4,7,13H2,1-2H3. The highest BCUT2D eigenvalue weighted by Gasteiger charge is 2.27. The number of pyridine rings is 1. The summed E-state index contributed by atoms with van der Waals surface area (Å²) in [4.78, 5) is 4.47. The van der Waals surface area contributed by atoms with Crippen LogP contribution in [0.2, 0.25) is 0 Å². The summed E-state index contributed by atoms with van der Waals surface area (Å²) in [7, 11) is 0. The van der Waals surface area contributed by atoms with Crippen molar-refractivity contribution in [2.45, 2.75) is 84.7 Å². The molecule has 2 atom stereocenters. The molecule has 3 rings (SSSR count). The number of nitrogens with two attached hydrogens (primary N) is 2. The lowest BCUT2D eigenvalue weighted by Gasteiger charge is -2.32. The van der Waals surface area contributed by atoms with Crippen molar-refractivity contribution in [1.82, 2.24) is 4.98 Å². The Morgan fingerprint density at radius 1 is 1.15 bits per heavy atom. The summed E-state index contributed by atoms with van der Waals surface area (Å²) >= 11 is 0. The maximum atomic E-state index is 6.24. The summed E-state index contributed by atoms with van der Waals surface area (Å²) in [5, 5.41) is 0. The molecular weight excluding hydrogens is 330 g/mol. The zero-order valence-corrected chi connectivity index (χ0v) is 18.0. The van der Waals surface area contributed by atoms with Crippen molar-refractivity contribution in [2.24, 2.45) is 11.5 Å². The van der Waals surface area contributed by atoms with Gasteiger partial charge >= 0.3 is 0 Å². The maximum Gasteiger partial charge on any atom is 0.0631 e. The van der Waals surface area contributed by atoms with Crippen molar-refractivity contribution in [3.8, 4) is 0 Å². The predicted octanol–water partition coefficient (Wildman–Crippen LogP) is 5.04. The molecular formula is C24H37N3. The van der Waals surface area contributed by atoms with E-state index in [-0.39, 0.29) is 11.1 Å². The summed E-state index contributed by atoms with van der Waals surface area (Å²) in [5.74, 6) is 0. The van der Waals surface area contributed by atoms with Crippen LogP contribution in [0.1, 0.15) is 80.5 Å². The van der Waals surface area contributed by atoms with Gasteiger partial charge in [-0.1, -0.05) is 43.7 Å². The minimum Gasteiger partial charge on any atom is -0.322 e. The molecule has 3 nitrogen and oxygen atoms in total. The molecule has 1 aliphatic rings. The van der Waals surface area contributed by atoms with Gasteiger partial charge in [-0.05, 0) is 82.1 Å². The maximum absolute atomic E-state index is 6.24. The number of fused-ring (bicyclic) bond motifs is 1. The molecule has 27 heavy (non-hydrogen) atoms. The zero-order chi connectivity index (χ0) is 20.2. The van der Waals surface area contributed by atoms with E-state index in [1.807, 2.05) is 13.1 Å². The molecule has 4 N–H and O–H groups in total. The zero-order valence-electron chi connectivity index (χ0n) is 18.0. The van der Waals surface area contributed by atoms with Crippen LogP contribution in [0.25, 0.3) is 0 Å². The molecule has 0 aliphatic heterocycles. The molecule has 0 saturated carbocycles. The molecule has 0 amide bonds. The van der Waals surface area contributed by atoms with Crippen molar-refractivity contribution >= 4 is 0 Å². The SMILES string of the molecule is CCc1cc(C)cnc1C(C)(N)CC.Cc1ccc2c(c1)CCCC2(C)N. The van der Waals surface area contributed by atoms with Gasteiger partial charge in [-0.15, -0.1) is 0 Å². The lowest BCUT2D eigenvalue weighted by molar-refractivity contribution is 0.409. The number of aryl methyl sites for hydroxylation is 4. The first-order valence-electron chi connectivity index (χ1n) is 10.2. The molecule has 2 aromatic rings. The van der Waals surface area contributed by atoms with E-state index < -0.39 is 0 Å². The smallest absolute Gasteiger partial charge is 0.0631 e. The molecule has 0 bridgehead atoms. The van der Waals surface area contributed by atoms with Gasteiger partial charge in [-0.2, -0.15) is 0 Å². The van der Waals surface area contributed by atoms with Gasteiger partial charge in [-0.3, -0.25) is 4.98 Å². The van der Waals surface area contributed by atoms with Crippen LogP contribution in [0.15, 0.2) is 30.5 Å². The van der Waals surface area contributed by atoms with Gasteiger partial charge in [0.2, 0.25) is 0 Å². The second-order valence-electron chi connectivity index (χ2n) is 8.58. The number of hydrogen-bond donors (Lipinski definition) is 2. The molecule has 0 saturated heterocycles. The summed E-state index contributed by atoms with van der Waals surface area (Å²) in [6.45, 7) is 12.6. The first-order chi connectivity index (χ1) is 12.6. The highest BCUT2D eigenvalue weighted by Crippen LogP contribution is 2.33. The fourth-order valence-electron chi connectivity index (χ4n) is 3.85. The van der Waals surface area contributed by atoms with E-state index in [9.17, 15) is 0 Å². The fourth-order valence-corrected chi connectivity index (χ4v) is 3.85. The molecule has 1 heterocycles. The van der Waals surface area contributed by atoms with E-state index in [1.54, 1.807) is 0 Å². The third-order valence-corrected chi connectivity index (χ3v) is 5.78. The first kappa shape index (κ1) is 21.6. The molecule has 0 spiro atoms. The van der Waals surface area contributed by atoms with Crippen molar-refractivity contribution < 1.29 is 0 Å². The number of nitrogens with zero attached hydrogens (tertiary/aromatic N) is 1. The number of hydrogen-bond acceptors (Lipinski definition) is 3. The van der Waals surface area contributed by atoms with Crippen molar-refractivity contribution in [3.05, 3.63) is 64.0 Å². The number of benzene rings is 1. The van der Waals surface area contributed by atoms with Gasteiger partial charge in [0.05, 0.1) is 11.2 Å². The summed E-state index contributed by atoms with van der Waals surface area (Å²) in [6, 6.07) is 8.82. The number of aromatic nitrogens is 1. The summed E-state index contributed by atoms with van der Waals surface area (Å²) in [5.41, 5.74) is 19.7. The van der Waals surface area contributed by atoms with E-state index in [1.165, 1.54) is 40.7 Å². The third kappa shape index (κ3) is 5.18. The molecule has 0 fully saturated rings. The van der Waals surface area contributed by atoms with Crippen LogP contribution in [0, 0.1) is 13.8 Å². The van der Waals surface area contributed by atoms with Crippen molar-refractivity contribution in [2.75, 3.05) is 0 Å². The van der Waals surface area contributed by atoms with Gasteiger partial charge in [-0.25, -0.2) is 0 Å². The average Bonchev–Trinajstić information content (AvgIpc) is 2.61. The second kappa shape index (κ2) is 8.53. The fraction of sp³-hybridized carbons (Fsp3) is 0.542. The normalized spacial score (nSPS) is 20.9. The van der Waals surface area contributed by atoms with Gasteiger partial charge in [0.1, 0.15) is 0 Å². The van der Waals surface area contributed by atoms with E-state index in [0.29, 0.717) is 0 Å². The quantitative estimate of drug-likeness (QED) is 0.798. The lowest BCUT2D eigenvalue weighted by Crippen LogP contribution is -2.36. The highest BCUT2D eigenvalue weighted by molar-refractivity contribution is 5.38. The average molecular weight is 368 g/mol. The van der Waals surface area contributed by atoms with Crippen molar-refractivity contribution in [1.29, 1.82) is 0 Å². The molecule has 148 valence electrons. The van der Waals surface area contributed by atoms with E-state index >= 15 is 0 Å². The Balaban J connectivity index is 0.000000194. The lowest BCUT2D eigenvalue weighted by atomic mass is 9.78. The van der Waals surface area contributed by atoms with Gasteiger partial charge in [0, 0.05) is 11.7 Å². The van der Waals surface area contributed by atoms with Gasteiger partial charge in [0.25, 0.3) is 0 Å². The summed E-state index contributed by atoms with van der Waals surface area (Å²) < 4.78 is 0. The Morgan fingerprint density at radius 2 is 1.85 bits per heavy atom. The molecule has 2 unspecified atom stereocenters. The van der Waals surface area contributed by atoms with Crippen LogP contribution in [-0.4, -0.2) is 4.98 Å². The minimum atomic E-state index is -0.293. The van der Waals surface area contributed by atoms with E-state index in [2.05, 4.69) is 63.9 Å². The van der Waals surface area contributed by atoms with Crippen LogP contribution in [0.4, 0.5) is 0 Å². The van der Waals surface area contributed by atoms with E-state index in [0.717, 1.165) is 25.0 Å². The Kier molecular flexibility index (Phi) is 6.82. The Hall–Kier alpha value is -1.71. The van der Waals surface area contributed by atoms with Gasteiger partial charge < -0.3 is 11.5 Å². The molecule has 1 aromatic carbocycles. The third-order valence-electron chi connectivity index (χ3n) is 5.78. The van der Waals surface area contributed by atoms with Crippen LogP contribution in [0.5, 0.6) is 0 Å². The van der Waals surface area contributed by atoms with Crippen LogP contribution in [-0.2, 0) is 23.9 Å². The Morgan fingerprint density at radius 3 is 2.48 bits per heavy atom. The Labute approximate surface area is 165 Å². The van der Waals surface area contributed by atoms with Crippen LogP contribution in [0.3, 0.4) is 0 Å². The summed E-state index contributed by atoms with van der Waals surface area (Å²) in [6.07, 6.45) is 7.35. The predicted molar refractivity (Wildman–Crippen MR) is 116 cm³/mol. The molecule has 0 radical (unpaired) electrons. The van der Waals surface area contributed by atoms with Gasteiger partial charge in [0.15, 0.2) is 0 Å². The molecule has 1 aliphatic carbocycles. The molecule has 1 aromatic heterocycles. The van der Waals surface area contributed by atoms with Crippen LogP contribution >= 0.6 is 0 Å². The van der Waals surface area contributed by atoms with E-state index in [4.69, 9.17) is 11.5 Å². The topological polar surface area (TPSA) is 64.9 Å². The van der Waals surface area contributed by atoms with Crippen LogP contribution < -0.4 is 11.5 Å². The largest absolute Gasteiger partial charge is 0.322 e. The van der Waals surface area contributed by atoms with Crippen molar-refractivity contribution in [3.63, 3.8) is 0 Å². The monoisotopic (exact) mass is 367 g/mol. The minimum absolute atomic E-state index is 0.0959.